The number of amides is 2. The van der Waals surface area contributed by atoms with E-state index in [0.29, 0.717) is 26.2 Å². The van der Waals surface area contributed by atoms with Crippen molar-refractivity contribution in [2.24, 2.45) is 0 Å². The van der Waals surface area contributed by atoms with Crippen LogP contribution >= 0.6 is 0 Å². The highest BCUT2D eigenvalue weighted by Gasteiger charge is 2.10. The normalized spacial score (nSPS) is 10.1. The van der Waals surface area contributed by atoms with Gasteiger partial charge in [0, 0.05) is 39.7 Å². The molecule has 0 radical (unpaired) electrons. The second-order valence-electron chi connectivity index (χ2n) is 4.35. The topological polar surface area (TPSA) is 71.5 Å². The molecule has 6 nitrogen and oxygen atoms in total. The van der Waals surface area contributed by atoms with Gasteiger partial charge in [0.15, 0.2) is 0 Å². The van der Waals surface area contributed by atoms with Crippen LogP contribution in [0.15, 0.2) is 24.4 Å². The van der Waals surface area contributed by atoms with Crippen molar-refractivity contribution >= 4 is 11.8 Å². The maximum Gasteiger partial charge on any atom is 0.222 e. The summed E-state index contributed by atoms with van der Waals surface area (Å²) < 4.78 is 4.93. The molecule has 20 heavy (non-hydrogen) atoms. The van der Waals surface area contributed by atoms with Crippen molar-refractivity contribution in [1.29, 1.82) is 0 Å². The van der Waals surface area contributed by atoms with Gasteiger partial charge in [-0.3, -0.25) is 14.6 Å². The first kappa shape index (κ1) is 16.1. The molecule has 6 heteroatoms. The minimum atomic E-state index is -0.0979. The maximum absolute atomic E-state index is 11.7. The van der Waals surface area contributed by atoms with E-state index in [2.05, 4.69) is 10.3 Å². The summed E-state index contributed by atoms with van der Waals surface area (Å²) in [6.45, 7) is 3.25. The molecule has 0 aromatic carbocycles. The predicted octanol–water partition coefficient (Wildman–Crippen LogP) is 0.583. The van der Waals surface area contributed by atoms with Crippen LogP contribution in [0.25, 0.3) is 0 Å². The van der Waals surface area contributed by atoms with Gasteiger partial charge in [-0.25, -0.2) is 0 Å². The van der Waals surface area contributed by atoms with E-state index in [1.165, 1.54) is 6.92 Å². The van der Waals surface area contributed by atoms with E-state index in [4.69, 9.17) is 4.74 Å². The van der Waals surface area contributed by atoms with Crippen molar-refractivity contribution in [2.75, 3.05) is 26.8 Å². The third-order valence-electron chi connectivity index (χ3n) is 2.81. The molecule has 0 aliphatic carbocycles. The molecule has 0 aliphatic heterocycles. The number of hydrogen-bond donors (Lipinski definition) is 1. The van der Waals surface area contributed by atoms with E-state index >= 15 is 0 Å². The first-order valence-electron chi connectivity index (χ1n) is 6.54. The number of rotatable bonds is 8. The predicted molar refractivity (Wildman–Crippen MR) is 74.8 cm³/mol. The molecule has 1 N–H and O–H groups in total. The summed E-state index contributed by atoms with van der Waals surface area (Å²) in [5.74, 6) is -0.154. The van der Waals surface area contributed by atoms with Crippen LogP contribution in [0.4, 0.5) is 0 Å². The van der Waals surface area contributed by atoms with Crippen molar-refractivity contribution in [2.45, 2.75) is 19.9 Å². The van der Waals surface area contributed by atoms with Crippen molar-refractivity contribution < 1.29 is 14.3 Å². The van der Waals surface area contributed by atoms with E-state index in [1.807, 2.05) is 18.2 Å². The molecular weight excluding hydrogens is 258 g/mol. The quantitative estimate of drug-likeness (QED) is 0.755. The number of hydrogen-bond acceptors (Lipinski definition) is 4. The SMILES string of the molecule is COCCN(CCC(=O)NCc1ccccn1)C(C)=O. The fraction of sp³-hybridized carbons (Fsp3) is 0.500. The highest BCUT2D eigenvalue weighted by Crippen LogP contribution is 1.96. The second-order valence-corrected chi connectivity index (χ2v) is 4.35. The van der Waals surface area contributed by atoms with Gasteiger partial charge in [0.25, 0.3) is 0 Å². The number of carbonyl (C=O) groups excluding carboxylic acids is 2. The maximum atomic E-state index is 11.7. The van der Waals surface area contributed by atoms with E-state index in [9.17, 15) is 9.59 Å². The third kappa shape index (κ3) is 6.29. The summed E-state index contributed by atoms with van der Waals surface area (Å²) >= 11 is 0. The van der Waals surface area contributed by atoms with Gasteiger partial charge in [-0.15, -0.1) is 0 Å². The molecule has 1 aromatic rings. The van der Waals surface area contributed by atoms with Gasteiger partial charge in [0.1, 0.15) is 0 Å². The molecule has 1 aromatic heterocycles. The first-order chi connectivity index (χ1) is 9.63. The molecule has 0 unspecified atom stereocenters. The van der Waals surface area contributed by atoms with Crippen molar-refractivity contribution in [3.63, 3.8) is 0 Å². The Balaban J connectivity index is 2.29. The van der Waals surface area contributed by atoms with Gasteiger partial charge in [0.05, 0.1) is 18.8 Å². The Morgan fingerprint density at radius 2 is 2.15 bits per heavy atom. The van der Waals surface area contributed by atoms with Gasteiger partial charge >= 0.3 is 0 Å². The van der Waals surface area contributed by atoms with E-state index in [0.717, 1.165) is 5.69 Å². The first-order valence-corrected chi connectivity index (χ1v) is 6.54. The van der Waals surface area contributed by atoms with E-state index < -0.39 is 0 Å². The molecule has 1 heterocycles. The molecule has 110 valence electrons. The Morgan fingerprint density at radius 3 is 2.75 bits per heavy atom. The monoisotopic (exact) mass is 279 g/mol. The lowest BCUT2D eigenvalue weighted by Crippen LogP contribution is -2.35. The minimum Gasteiger partial charge on any atom is -0.383 e. The summed E-state index contributed by atoms with van der Waals surface area (Å²) in [6.07, 6.45) is 1.96. The highest BCUT2D eigenvalue weighted by molar-refractivity contribution is 5.77. The fourth-order valence-electron chi connectivity index (χ4n) is 1.64. The molecule has 0 fully saturated rings. The van der Waals surface area contributed by atoms with Crippen LogP contribution in [0.1, 0.15) is 19.0 Å². The molecule has 0 spiro atoms. The van der Waals surface area contributed by atoms with Gasteiger partial charge in [-0.2, -0.15) is 0 Å². The standard InChI is InChI=1S/C14H21N3O3/c1-12(18)17(9-10-20-2)8-6-14(19)16-11-13-5-3-4-7-15-13/h3-5,7H,6,8-11H2,1-2H3,(H,16,19). The number of carbonyl (C=O) groups is 2. The van der Waals surface area contributed by atoms with Crippen LogP contribution in [-0.2, 0) is 20.9 Å². The Bertz CT molecular complexity index is 423. The van der Waals surface area contributed by atoms with Crippen molar-refractivity contribution in [3.05, 3.63) is 30.1 Å². The summed E-state index contributed by atoms with van der Waals surface area (Å²) in [4.78, 5) is 28.8. The number of methoxy groups -OCH3 is 1. The summed E-state index contributed by atoms with van der Waals surface area (Å²) in [7, 11) is 1.58. The van der Waals surface area contributed by atoms with Crippen molar-refractivity contribution in [1.82, 2.24) is 15.2 Å². The summed E-state index contributed by atoms with van der Waals surface area (Å²) in [6, 6.07) is 5.54. The Hall–Kier alpha value is -1.95. The van der Waals surface area contributed by atoms with Crippen LogP contribution in [0.3, 0.4) is 0 Å². The average Bonchev–Trinajstić information content (AvgIpc) is 2.46. The molecule has 0 aliphatic rings. The van der Waals surface area contributed by atoms with E-state index in [1.54, 1.807) is 18.2 Å². The Morgan fingerprint density at radius 1 is 1.35 bits per heavy atom. The molecule has 0 bridgehead atoms. The zero-order valence-electron chi connectivity index (χ0n) is 12.0. The Labute approximate surface area is 119 Å². The molecule has 0 saturated heterocycles. The molecular formula is C14H21N3O3. The smallest absolute Gasteiger partial charge is 0.222 e. The van der Waals surface area contributed by atoms with Crippen LogP contribution in [0, 0.1) is 0 Å². The summed E-state index contributed by atoms with van der Waals surface area (Å²) in [5, 5.41) is 2.78. The highest BCUT2D eigenvalue weighted by atomic mass is 16.5. The number of nitrogens with one attached hydrogen (secondary N) is 1. The fourth-order valence-corrected chi connectivity index (χ4v) is 1.64. The number of ether oxygens (including phenoxy) is 1. The van der Waals surface area contributed by atoms with Gasteiger partial charge < -0.3 is 15.0 Å². The lowest BCUT2D eigenvalue weighted by molar-refractivity contribution is -0.130. The summed E-state index contributed by atoms with van der Waals surface area (Å²) in [5.41, 5.74) is 0.809. The lowest BCUT2D eigenvalue weighted by atomic mass is 10.3. The second kappa shape index (κ2) is 9.03. The molecule has 0 saturated carbocycles. The van der Waals surface area contributed by atoms with Gasteiger partial charge in [-0.05, 0) is 12.1 Å². The van der Waals surface area contributed by atoms with Crippen LogP contribution in [0.2, 0.25) is 0 Å². The van der Waals surface area contributed by atoms with Gasteiger partial charge in [-0.1, -0.05) is 6.07 Å². The average molecular weight is 279 g/mol. The number of pyridine rings is 1. The van der Waals surface area contributed by atoms with Gasteiger partial charge in [0.2, 0.25) is 11.8 Å². The van der Waals surface area contributed by atoms with Crippen LogP contribution < -0.4 is 5.32 Å². The van der Waals surface area contributed by atoms with Crippen LogP contribution in [0.5, 0.6) is 0 Å². The molecule has 2 amide bonds. The van der Waals surface area contributed by atoms with Crippen molar-refractivity contribution in [3.8, 4) is 0 Å². The Kier molecular flexibility index (Phi) is 7.27. The lowest BCUT2D eigenvalue weighted by Gasteiger charge is -2.20. The molecule has 0 atom stereocenters. The zero-order chi connectivity index (χ0) is 14.8. The number of aromatic nitrogens is 1. The minimum absolute atomic E-state index is 0.0559. The van der Waals surface area contributed by atoms with Crippen LogP contribution in [-0.4, -0.2) is 48.5 Å². The third-order valence-corrected chi connectivity index (χ3v) is 2.81. The van der Waals surface area contributed by atoms with E-state index in [-0.39, 0.29) is 18.2 Å². The largest absolute Gasteiger partial charge is 0.383 e. The number of nitrogens with zero attached hydrogens (tertiary/aromatic N) is 2. The zero-order valence-corrected chi connectivity index (χ0v) is 12.0. The molecule has 1 rings (SSSR count).